The van der Waals surface area contributed by atoms with Crippen LogP contribution in [-0.2, 0) is 4.74 Å². The zero-order valence-electron chi connectivity index (χ0n) is 12.1. The van der Waals surface area contributed by atoms with Gasteiger partial charge in [0.15, 0.2) is 0 Å². The smallest absolute Gasteiger partial charge is 0.341 e. The molecule has 3 N–H and O–H groups in total. The van der Waals surface area contributed by atoms with Gasteiger partial charge < -0.3 is 15.8 Å². The maximum Gasteiger partial charge on any atom is 0.341 e. The number of nitrogen functional groups attached to an aromatic ring is 1. The van der Waals surface area contributed by atoms with Crippen LogP contribution in [-0.4, -0.2) is 18.5 Å². The maximum atomic E-state index is 12.3. The molecular weight excluding hydrogens is 324 g/mol. The summed E-state index contributed by atoms with van der Waals surface area (Å²) in [5, 5.41) is 3.90. The molecule has 0 saturated carbocycles. The number of amides is 1. The summed E-state index contributed by atoms with van der Waals surface area (Å²) in [7, 11) is 0. The molecule has 0 unspecified atom stereocenters. The molecule has 5 nitrogen and oxygen atoms in total. The van der Waals surface area contributed by atoms with E-state index in [2.05, 4.69) is 5.32 Å². The first-order chi connectivity index (χ1) is 10.5. The van der Waals surface area contributed by atoms with Crippen LogP contribution in [0.25, 0.3) is 0 Å². The van der Waals surface area contributed by atoms with E-state index in [4.69, 9.17) is 22.1 Å². The summed E-state index contributed by atoms with van der Waals surface area (Å²) in [6, 6.07) is 6.72. The fourth-order valence-corrected chi connectivity index (χ4v) is 3.11. The van der Waals surface area contributed by atoms with E-state index in [-0.39, 0.29) is 12.5 Å². The largest absolute Gasteiger partial charge is 0.462 e. The van der Waals surface area contributed by atoms with E-state index < -0.39 is 5.97 Å². The Kier molecular flexibility index (Phi) is 5.05. The van der Waals surface area contributed by atoms with Gasteiger partial charge in [0.05, 0.1) is 22.8 Å². The van der Waals surface area contributed by atoms with Crippen molar-refractivity contribution >= 4 is 44.8 Å². The van der Waals surface area contributed by atoms with E-state index >= 15 is 0 Å². The highest BCUT2D eigenvalue weighted by Gasteiger charge is 2.22. The van der Waals surface area contributed by atoms with Crippen molar-refractivity contribution < 1.29 is 14.3 Å². The van der Waals surface area contributed by atoms with Crippen molar-refractivity contribution in [1.29, 1.82) is 0 Å². The second kappa shape index (κ2) is 6.81. The third-order valence-electron chi connectivity index (χ3n) is 3.00. The van der Waals surface area contributed by atoms with Crippen LogP contribution in [0.1, 0.15) is 33.2 Å². The number of carbonyl (C=O) groups is 2. The molecule has 7 heteroatoms. The molecule has 0 spiro atoms. The third kappa shape index (κ3) is 3.23. The number of hydrogen-bond acceptors (Lipinski definition) is 5. The molecule has 0 radical (unpaired) electrons. The van der Waals surface area contributed by atoms with Gasteiger partial charge in [0.2, 0.25) is 0 Å². The Labute approximate surface area is 137 Å². The molecule has 0 saturated heterocycles. The molecule has 0 aliphatic heterocycles. The van der Waals surface area contributed by atoms with Crippen molar-refractivity contribution in [3.8, 4) is 0 Å². The molecule has 1 aromatic heterocycles. The minimum atomic E-state index is -0.494. The third-order valence-corrected chi connectivity index (χ3v) is 4.37. The fourth-order valence-electron chi connectivity index (χ4n) is 1.93. The summed E-state index contributed by atoms with van der Waals surface area (Å²) < 4.78 is 4.97. The van der Waals surface area contributed by atoms with Crippen LogP contribution in [0.2, 0.25) is 5.02 Å². The summed E-state index contributed by atoms with van der Waals surface area (Å²) in [4.78, 5) is 24.1. The predicted molar refractivity (Wildman–Crippen MR) is 88.8 cm³/mol. The molecule has 0 aliphatic rings. The van der Waals surface area contributed by atoms with Gasteiger partial charge >= 0.3 is 5.97 Å². The van der Waals surface area contributed by atoms with Crippen LogP contribution >= 0.6 is 22.9 Å². The number of rotatable bonds is 4. The highest BCUT2D eigenvalue weighted by Crippen LogP contribution is 2.36. The average Bonchev–Trinajstić information content (AvgIpc) is 2.74. The van der Waals surface area contributed by atoms with E-state index in [0.29, 0.717) is 31.7 Å². The first-order valence-electron chi connectivity index (χ1n) is 6.57. The summed E-state index contributed by atoms with van der Waals surface area (Å²) >= 11 is 7.12. The Balaban J connectivity index is 2.28. The van der Waals surface area contributed by atoms with Gasteiger partial charge in [0, 0.05) is 5.56 Å². The van der Waals surface area contributed by atoms with Crippen molar-refractivity contribution in [1.82, 2.24) is 0 Å². The first kappa shape index (κ1) is 16.3. The predicted octanol–water partition coefficient (Wildman–Crippen LogP) is 3.72. The lowest BCUT2D eigenvalue weighted by atomic mass is 10.2. The summed E-state index contributed by atoms with van der Waals surface area (Å²) in [5.74, 6) is -0.850. The van der Waals surface area contributed by atoms with Gasteiger partial charge in [0.25, 0.3) is 5.91 Å². The number of benzene rings is 1. The van der Waals surface area contributed by atoms with Crippen LogP contribution in [0, 0.1) is 6.92 Å². The molecule has 0 aliphatic carbocycles. The molecule has 0 fully saturated rings. The van der Waals surface area contributed by atoms with Crippen molar-refractivity contribution in [3.05, 3.63) is 46.0 Å². The van der Waals surface area contributed by atoms with Gasteiger partial charge in [-0.1, -0.05) is 35.1 Å². The van der Waals surface area contributed by atoms with E-state index in [1.54, 1.807) is 38.1 Å². The molecule has 1 amide bonds. The number of thiophene rings is 1. The molecule has 2 rings (SSSR count). The minimum Gasteiger partial charge on any atom is -0.462 e. The van der Waals surface area contributed by atoms with E-state index in [9.17, 15) is 9.59 Å². The Bertz CT molecular complexity index is 728. The summed E-state index contributed by atoms with van der Waals surface area (Å²) in [6.07, 6.45) is 0. The number of carbonyl (C=O) groups excluding carboxylic acids is 2. The lowest BCUT2D eigenvalue weighted by Gasteiger charge is -2.06. The van der Waals surface area contributed by atoms with Crippen LogP contribution in [0.5, 0.6) is 0 Å². The highest BCUT2D eigenvalue weighted by molar-refractivity contribution is 7.20. The number of nitrogens with two attached hydrogens (primary N) is 1. The lowest BCUT2D eigenvalue weighted by Crippen LogP contribution is -2.13. The maximum absolute atomic E-state index is 12.3. The van der Waals surface area contributed by atoms with Crippen molar-refractivity contribution in [2.45, 2.75) is 13.8 Å². The highest BCUT2D eigenvalue weighted by atomic mass is 35.5. The van der Waals surface area contributed by atoms with Crippen LogP contribution in [0.3, 0.4) is 0 Å². The Morgan fingerprint density at radius 3 is 2.68 bits per heavy atom. The van der Waals surface area contributed by atoms with Crippen molar-refractivity contribution in [3.63, 3.8) is 0 Å². The molecule has 22 heavy (non-hydrogen) atoms. The van der Waals surface area contributed by atoms with Gasteiger partial charge in [-0.2, -0.15) is 0 Å². The number of halogens is 1. The molecule has 2 aromatic rings. The van der Waals surface area contributed by atoms with Crippen LogP contribution in [0.4, 0.5) is 10.0 Å². The summed E-state index contributed by atoms with van der Waals surface area (Å²) in [5.41, 5.74) is 7.09. The second-order valence-corrected chi connectivity index (χ2v) is 5.91. The molecular formula is C15H15ClN2O3S. The number of anilines is 2. The number of hydrogen-bond donors (Lipinski definition) is 2. The van der Waals surface area contributed by atoms with Crippen LogP contribution in [0.15, 0.2) is 24.3 Å². The average molecular weight is 339 g/mol. The Morgan fingerprint density at radius 2 is 2.05 bits per heavy atom. The standard InChI is InChI=1S/C15H15ClN2O3S/c1-3-21-15(20)11-8(2)14(22-12(11)17)18-13(19)9-6-4-5-7-10(9)16/h4-7H,3,17H2,1-2H3,(H,18,19). The quantitative estimate of drug-likeness (QED) is 0.832. The molecule has 1 heterocycles. The fraction of sp³-hybridized carbons (Fsp3) is 0.200. The number of nitrogens with one attached hydrogen (secondary N) is 1. The zero-order chi connectivity index (χ0) is 16.3. The minimum absolute atomic E-state index is 0.259. The van der Waals surface area contributed by atoms with E-state index in [1.807, 2.05) is 0 Å². The number of esters is 1. The van der Waals surface area contributed by atoms with Gasteiger partial charge in [0.1, 0.15) is 10.0 Å². The van der Waals surface area contributed by atoms with Crippen molar-refractivity contribution in [2.75, 3.05) is 17.7 Å². The monoisotopic (exact) mass is 338 g/mol. The molecule has 1 aromatic carbocycles. The SMILES string of the molecule is CCOC(=O)c1c(N)sc(NC(=O)c2ccccc2Cl)c1C. The Hall–Kier alpha value is -2.05. The van der Waals surface area contributed by atoms with Gasteiger partial charge in [-0.15, -0.1) is 0 Å². The number of ether oxygens (including phenoxy) is 1. The summed E-state index contributed by atoms with van der Waals surface area (Å²) in [6.45, 7) is 3.69. The molecule has 0 bridgehead atoms. The van der Waals surface area contributed by atoms with Gasteiger partial charge in [-0.3, -0.25) is 4.79 Å². The topological polar surface area (TPSA) is 81.4 Å². The van der Waals surface area contributed by atoms with Crippen LogP contribution < -0.4 is 11.1 Å². The zero-order valence-corrected chi connectivity index (χ0v) is 13.7. The normalized spacial score (nSPS) is 10.3. The van der Waals surface area contributed by atoms with Gasteiger partial charge in [-0.25, -0.2) is 4.79 Å². The lowest BCUT2D eigenvalue weighted by molar-refractivity contribution is 0.0527. The first-order valence-corrected chi connectivity index (χ1v) is 7.77. The molecule has 0 atom stereocenters. The van der Waals surface area contributed by atoms with E-state index in [1.165, 1.54) is 0 Å². The van der Waals surface area contributed by atoms with Crippen molar-refractivity contribution in [2.24, 2.45) is 0 Å². The molecule has 116 valence electrons. The Morgan fingerprint density at radius 1 is 1.36 bits per heavy atom. The second-order valence-electron chi connectivity index (χ2n) is 4.45. The van der Waals surface area contributed by atoms with Gasteiger partial charge in [-0.05, 0) is 26.0 Å². The van der Waals surface area contributed by atoms with E-state index in [0.717, 1.165) is 11.3 Å².